The number of nitrogen functional groups attached to an aromatic ring is 1. The predicted molar refractivity (Wildman–Crippen MR) is 114 cm³/mol. The van der Waals surface area contributed by atoms with Crippen LogP contribution in [0.2, 0.25) is 0 Å². The lowest BCUT2D eigenvalue weighted by Gasteiger charge is -2.24. The average molecular weight is 457 g/mol. The number of aromatic nitrogens is 1. The number of fused-ring (bicyclic) bond motifs is 4. The van der Waals surface area contributed by atoms with E-state index in [-0.39, 0.29) is 17.1 Å². The second-order valence-electron chi connectivity index (χ2n) is 8.01. The number of pyridine rings is 1. The standard InChI is InChI=1S/C22H20FN3O5S/c1-26(19-10-31-20-5-11(32(2,28)29)3-4-12(19)20)22(27)14-6-13-15-8-30-9-16(15)21(24)25-18(13)7-17(14)23/h3-7,19H,8-10H2,1-2H3,(H2,24,25)/t19-/m1/s1. The van der Waals surface area contributed by atoms with Crippen LogP contribution in [0.25, 0.3) is 10.9 Å². The molecule has 3 aromatic rings. The molecule has 10 heteroatoms. The third-order valence-corrected chi connectivity index (χ3v) is 7.12. The highest BCUT2D eigenvalue weighted by molar-refractivity contribution is 7.90. The number of ether oxygens (including phenoxy) is 2. The van der Waals surface area contributed by atoms with Gasteiger partial charge < -0.3 is 20.1 Å². The number of amides is 1. The predicted octanol–water partition coefficient (Wildman–Crippen LogP) is 2.60. The van der Waals surface area contributed by atoms with E-state index < -0.39 is 27.6 Å². The van der Waals surface area contributed by atoms with Gasteiger partial charge in [-0.2, -0.15) is 0 Å². The van der Waals surface area contributed by atoms with E-state index in [0.717, 1.165) is 17.4 Å². The Morgan fingerprint density at radius 1 is 1.22 bits per heavy atom. The van der Waals surface area contributed by atoms with Crippen LogP contribution in [0, 0.1) is 5.82 Å². The Morgan fingerprint density at radius 3 is 2.72 bits per heavy atom. The number of likely N-dealkylation sites (N-methyl/N-ethyl adjacent to an activating group) is 1. The van der Waals surface area contributed by atoms with Crippen molar-refractivity contribution in [3.8, 4) is 5.75 Å². The maximum atomic E-state index is 14.9. The molecule has 0 unspecified atom stereocenters. The molecule has 3 heterocycles. The van der Waals surface area contributed by atoms with Crippen molar-refractivity contribution in [1.82, 2.24) is 9.88 Å². The molecular formula is C22H20FN3O5S. The van der Waals surface area contributed by atoms with E-state index >= 15 is 0 Å². The zero-order valence-electron chi connectivity index (χ0n) is 17.4. The molecule has 5 rings (SSSR count). The molecule has 2 aromatic carbocycles. The number of anilines is 1. The van der Waals surface area contributed by atoms with E-state index in [4.69, 9.17) is 15.2 Å². The summed E-state index contributed by atoms with van der Waals surface area (Å²) >= 11 is 0. The number of hydrogen-bond acceptors (Lipinski definition) is 7. The van der Waals surface area contributed by atoms with Crippen molar-refractivity contribution in [2.24, 2.45) is 0 Å². The van der Waals surface area contributed by atoms with Crippen LogP contribution in [0.1, 0.15) is 33.1 Å². The Kier molecular flexibility index (Phi) is 4.61. The van der Waals surface area contributed by atoms with Gasteiger partial charge in [0.15, 0.2) is 9.84 Å². The average Bonchev–Trinajstić information content (AvgIpc) is 3.39. The highest BCUT2D eigenvalue weighted by atomic mass is 32.2. The van der Waals surface area contributed by atoms with Crippen LogP contribution in [0.5, 0.6) is 5.75 Å². The van der Waals surface area contributed by atoms with E-state index in [1.54, 1.807) is 13.1 Å². The molecule has 0 saturated carbocycles. The van der Waals surface area contributed by atoms with E-state index in [1.165, 1.54) is 29.2 Å². The summed E-state index contributed by atoms with van der Waals surface area (Å²) in [6.07, 6.45) is 1.11. The van der Waals surface area contributed by atoms with Crippen molar-refractivity contribution in [3.63, 3.8) is 0 Å². The lowest BCUT2D eigenvalue weighted by atomic mass is 10.0. The smallest absolute Gasteiger partial charge is 0.257 e. The number of nitrogens with zero attached hydrogens (tertiary/aromatic N) is 2. The Labute approximate surface area is 183 Å². The van der Waals surface area contributed by atoms with Crippen molar-refractivity contribution in [1.29, 1.82) is 0 Å². The van der Waals surface area contributed by atoms with Crippen molar-refractivity contribution >= 4 is 32.5 Å². The Hall–Kier alpha value is -3.24. The monoisotopic (exact) mass is 457 g/mol. The molecule has 0 radical (unpaired) electrons. The van der Waals surface area contributed by atoms with E-state index in [9.17, 15) is 17.6 Å². The van der Waals surface area contributed by atoms with E-state index in [2.05, 4.69) is 4.98 Å². The van der Waals surface area contributed by atoms with Gasteiger partial charge in [0.05, 0.1) is 35.2 Å². The van der Waals surface area contributed by atoms with Crippen LogP contribution in [0.4, 0.5) is 10.2 Å². The third kappa shape index (κ3) is 3.18. The van der Waals surface area contributed by atoms with E-state index in [0.29, 0.717) is 41.2 Å². The first kappa shape index (κ1) is 20.7. The van der Waals surface area contributed by atoms with E-state index in [1.807, 2.05) is 0 Å². The molecule has 32 heavy (non-hydrogen) atoms. The summed E-state index contributed by atoms with van der Waals surface area (Å²) in [6.45, 7) is 0.789. The summed E-state index contributed by atoms with van der Waals surface area (Å²) in [7, 11) is -1.83. The minimum absolute atomic E-state index is 0.0955. The van der Waals surface area contributed by atoms with Crippen LogP contribution in [0.15, 0.2) is 35.2 Å². The van der Waals surface area contributed by atoms with Gasteiger partial charge in [-0.3, -0.25) is 4.79 Å². The number of hydrogen-bond donors (Lipinski definition) is 1. The highest BCUT2D eigenvalue weighted by Gasteiger charge is 2.33. The van der Waals surface area contributed by atoms with Gasteiger partial charge in [0, 0.05) is 35.9 Å². The number of carbonyl (C=O) groups excluding carboxylic acids is 1. The lowest BCUT2D eigenvalue weighted by molar-refractivity contribution is 0.0704. The quantitative estimate of drug-likeness (QED) is 0.643. The van der Waals surface area contributed by atoms with Gasteiger partial charge in [-0.05, 0) is 23.8 Å². The molecule has 2 aliphatic heterocycles. The molecule has 166 valence electrons. The first-order chi connectivity index (χ1) is 15.1. The van der Waals surface area contributed by atoms with Gasteiger partial charge in [-0.1, -0.05) is 6.07 Å². The number of halogens is 1. The van der Waals surface area contributed by atoms with Crippen LogP contribution >= 0.6 is 0 Å². The molecule has 0 bridgehead atoms. The molecule has 0 aliphatic carbocycles. The number of rotatable bonds is 3. The fourth-order valence-electron chi connectivity index (χ4n) is 4.21. The number of carbonyl (C=O) groups is 1. The summed E-state index contributed by atoms with van der Waals surface area (Å²) < 4.78 is 49.6. The number of nitrogens with two attached hydrogens (primary N) is 1. The van der Waals surface area contributed by atoms with Gasteiger partial charge in [0.2, 0.25) is 0 Å². The molecule has 0 spiro atoms. The van der Waals surface area contributed by atoms with Gasteiger partial charge in [0.1, 0.15) is 24.0 Å². The Morgan fingerprint density at radius 2 is 1.97 bits per heavy atom. The molecule has 1 aromatic heterocycles. The molecular weight excluding hydrogens is 437 g/mol. The van der Waals surface area contributed by atoms with Crippen LogP contribution in [-0.2, 0) is 27.8 Å². The van der Waals surface area contributed by atoms with Crippen molar-refractivity contribution < 1.29 is 27.1 Å². The normalized spacial score (nSPS) is 17.2. The molecule has 0 fully saturated rings. The Bertz CT molecular complexity index is 1410. The number of benzene rings is 2. The van der Waals surface area contributed by atoms with Crippen molar-refractivity contribution in [2.45, 2.75) is 24.2 Å². The maximum absolute atomic E-state index is 14.9. The zero-order valence-corrected chi connectivity index (χ0v) is 18.2. The largest absolute Gasteiger partial charge is 0.491 e. The van der Waals surface area contributed by atoms with Gasteiger partial charge in [0.25, 0.3) is 5.91 Å². The fraction of sp³-hybridized carbons (Fsp3) is 0.273. The molecule has 1 amide bonds. The molecule has 2 N–H and O–H groups in total. The minimum atomic E-state index is -3.39. The first-order valence-corrected chi connectivity index (χ1v) is 11.8. The highest BCUT2D eigenvalue weighted by Crippen LogP contribution is 2.38. The molecule has 2 aliphatic rings. The summed E-state index contributed by atoms with van der Waals surface area (Å²) in [5.41, 5.74) is 8.47. The molecule has 1 atom stereocenters. The SMILES string of the molecule is CN(C(=O)c1cc2c3c(c(N)nc2cc1F)COC3)[C@@H]1COc2cc(S(C)(=O)=O)ccc21. The van der Waals surface area contributed by atoms with Crippen molar-refractivity contribution in [3.05, 3.63) is 58.4 Å². The van der Waals surface area contributed by atoms with Gasteiger partial charge in [-0.25, -0.2) is 17.8 Å². The first-order valence-electron chi connectivity index (χ1n) is 9.87. The third-order valence-electron chi connectivity index (χ3n) is 6.00. The number of sulfone groups is 1. The van der Waals surface area contributed by atoms with Crippen LogP contribution in [-0.4, -0.2) is 44.1 Å². The van der Waals surface area contributed by atoms with Gasteiger partial charge in [-0.15, -0.1) is 0 Å². The lowest BCUT2D eigenvalue weighted by Crippen LogP contribution is -2.32. The summed E-state index contributed by atoms with van der Waals surface area (Å²) in [6, 6.07) is 6.76. The minimum Gasteiger partial charge on any atom is -0.491 e. The second-order valence-corrected chi connectivity index (χ2v) is 10.0. The summed E-state index contributed by atoms with van der Waals surface area (Å²) in [4.78, 5) is 19.0. The van der Waals surface area contributed by atoms with Crippen LogP contribution in [0.3, 0.4) is 0 Å². The maximum Gasteiger partial charge on any atom is 0.257 e. The topological polar surface area (TPSA) is 112 Å². The summed E-state index contributed by atoms with van der Waals surface area (Å²) in [5, 5.41) is 0.630. The van der Waals surface area contributed by atoms with Gasteiger partial charge >= 0.3 is 0 Å². The van der Waals surface area contributed by atoms with Crippen molar-refractivity contribution in [2.75, 3.05) is 25.6 Å². The zero-order chi connectivity index (χ0) is 22.8. The molecule has 8 nitrogen and oxygen atoms in total. The Balaban J connectivity index is 1.52. The summed E-state index contributed by atoms with van der Waals surface area (Å²) in [5.74, 6) is -0.533. The fourth-order valence-corrected chi connectivity index (χ4v) is 4.85. The second kappa shape index (κ2) is 7.14. The van der Waals surface area contributed by atoms with Crippen LogP contribution < -0.4 is 10.5 Å². The molecule has 0 saturated heterocycles.